The molecule has 0 nitrogen and oxygen atoms in total. The van der Waals surface area contributed by atoms with Crippen molar-refractivity contribution in [1.29, 1.82) is 0 Å². The lowest BCUT2D eigenvalue weighted by molar-refractivity contribution is -0.00000700. The van der Waals surface area contributed by atoms with Crippen LogP contribution in [0.1, 0.15) is 90.9 Å². The van der Waals surface area contributed by atoms with Crippen LogP contribution < -0.4 is 32.9 Å². The van der Waals surface area contributed by atoms with E-state index in [1.54, 1.807) is 0 Å². The van der Waals surface area contributed by atoms with Crippen molar-refractivity contribution >= 4 is 23.2 Å². The maximum Gasteiger partial charge on any atom is 0.114 e. The summed E-state index contributed by atoms with van der Waals surface area (Å²) >= 11 is 0. The molecule has 0 saturated heterocycles. The number of halogens is 1. The van der Waals surface area contributed by atoms with Crippen LogP contribution in [0, 0.1) is 0 Å². The summed E-state index contributed by atoms with van der Waals surface area (Å²) in [6.07, 6.45) is 16.8. The molecular weight excluding hydrogens is 507 g/mol. The van der Waals surface area contributed by atoms with E-state index < -0.39 is 7.26 Å². The summed E-state index contributed by atoms with van der Waals surface area (Å²) in [6.45, 7) is 4.82. The van der Waals surface area contributed by atoms with Crippen molar-refractivity contribution in [3.8, 4) is 0 Å². The van der Waals surface area contributed by atoms with Crippen molar-refractivity contribution < 1.29 is 17.0 Å². The van der Waals surface area contributed by atoms with E-state index in [2.05, 4.69) is 105 Å². The van der Waals surface area contributed by atoms with Gasteiger partial charge in [-0.1, -0.05) is 126 Å². The monoisotopic (exact) mass is 552 g/mol. The van der Waals surface area contributed by atoms with Crippen LogP contribution in [0.25, 0.3) is 0 Å². The molecule has 1 atom stereocenters. The number of hydrogen-bond acceptors (Lipinski definition) is 0. The fourth-order valence-corrected chi connectivity index (χ4v) is 10.4. The van der Waals surface area contributed by atoms with Gasteiger partial charge in [0, 0.05) is 0 Å². The van der Waals surface area contributed by atoms with Crippen LogP contribution in [0.3, 0.4) is 0 Å². The molecule has 1 unspecified atom stereocenters. The summed E-state index contributed by atoms with van der Waals surface area (Å²) in [5.74, 6) is 0. The first-order valence-electron chi connectivity index (χ1n) is 13.9. The van der Waals surface area contributed by atoms with E-state index in [1.807, 2.05) is 0 Å². The molecule has 0 aliphatic rings. The van der Waals surface area contributed by atoms with Crippen LogP contribution in [0.2, 0.25) is 0 Å². The molecule has 0 heterocycles. The van der Waals surface area contributed by atoms with E-state index in [0.29, 0.717) is 5.66 Å². The molecular formula is C33H46BrP. The Morgan fingerprint density at radius 2 is 0.800 bits per heavy atom. The van der Waals surface area contributed by atoms with E-state index >= 15 is 0 Å². The van der Waals surface area contributed by atoms with Crippen molar-refractivity contribution in [2.45, 2.75) is 96.6 Å². The molecule has 0 radical (unpaired) electrons. The van der Waals surface area contributed by atoms with Gasteiger partial charge in [-0.05, 0) is 56.2 Å². The molecule has 0 aliphatic carbocycles. The molecule has 0 aliphatic heterocycles. The van der Waals surface area contributed by atoms with E-state index in [4.69, 9.17) is 0 Å². The predicted molar refractivity (Wildman–Crippen MR) is 156 cm³/mol. The second-order valence-electron chi connectivity index (χ2n) is 9.90. The third-order valence-electron chi connectivity index (χ3n) is 7.38. The molecule has 0 bridgehead atoms. The Balaban J connectivity index is 0.00000432. The van der Waals surface area contributed by atoms with Crippen molar-refractivity contribution in [3.05, 3.63) is 91.0 Å². The van der Waals surface area contributed by atoms with Gasteiger partial charge in [0.25, 0.3) is 0 Å². The zero-order valence-electron chi connectivity index (χ0n) is 22.0. The fourth-order valence-electron chi connectivity index (χ4n) is 5.50. The lowest BCUT2D eigenvalue weighted by Gasteiger charge is -2.33. The number of rotatable bonds is 16. The Bertz CT molecular complexity index is 797. The summed E-state index contributed by atoms with van der Waals surface area (Å²) in [7, 11) is -1.72. The summed E-state index contributed by atoms with van der Waals surface area (Å²) in [6, 6.07) is 34.1. The Labute approximate surface area is 227 Å². The van der Waals surface area contributed by atoms with Crippen molar-refractivity contribution in [2.24, 2.45) is 0 Å². The second kappa shape index (κ2) is 17.1. The first kappa shape index (κ1) is 29.8. The first-order chi connectivity index (χ1) is 16.8. The standard InChI is InChI=1S/C33H46P.BrH/c1-3-4-5-6-7-8-9-10-11-12-16-23-30(2)34(31-24-17-13-18-25-31,32-26-19-14-20-27-32)33-28-21-15-22-29-33;/h13-15,17-22,24-30H,3-12,16,23H2,1-2H3;1H/q+1;/p-1. The number of benzene rings is 3. The molecule has 0 aromatic heterocycles. The Morgan fingerprint density at radius 1 is 0.486 bits per heavy atom. The highest BCUT2D eigenvalue weighted by Crippen LogP contribution is 2.60. The molecule has 3 aromatic rings. The molecule has 0 fully saturated rings. The first-order valence-corrected chi connectivity index (χ1v) is 15.7. The number of unbranched alkanes of at least 4 members (excludes halogenated alkanes) is 10. The van der Waals surface area contributed by atoms with Gasteiger partial charge in [0.1, 0.15) is 23.2 Å². The molecule has 0 amide bonds. The minimum atomic E-state index is -1.72. The van der Waals surface area contributed by atoms with Gasteiger partial charge < -0.3 is 17.0 Å². The average Bonchev–Trinajstić information content (AvgIpc) is 2.90. The van der Waals surface area contributed by atoms with Crippen LogP contribution in [-0.2, 0) is 0 Å². The maximum atomic E-state index is 2.52. The SMILES string of the molecule is CCCCCCCCCCCCCC(C)[P+](c1ccccc1)(c1ccccc1)c1ccccc1.[Br-]. The van der Waals surface area contributed by atoms with Crippen molar-refractivity contribution in [1.82, 2.24) is 0 Å². The Kier molecular flexibility index (Phi) is 14.6. The van der Waals surface area contributed by atoms with Gasteiger partial charge in [-0.15, -0.1) is 0 Å². The van der Waals surface area contributed by atoms with Gasteiger partial charge in [0.2, 0.25) is 0 Å². The maximum absolute atomic E-state index is 2.52. The van der Waals surface area contributed by atoms with Gasteiger partial charge in [0.05, 0.1) is 5.66 Å². The van der Waals surface area contributed by atoms with Crippen LogP contribution in [0.15, 0.2) is 91.0 Å². The molecule has 0 saturated carbocycles. The molecule has 3 rings (SSSR count). The minimum absolute atomic E-state index is 0. The second-order valence-corrected chi connectivity index (χ2v) is 13.8. The average molecular weight is 554 g/mol. The van der Waals surface area contributed by atoms with Crippen LogP contribution >= 0.6 is 7.26 Å². The van der Waals surface area contributed by atoms with Crippen LogP contribution in [0.4, 0.5) is 0 Å². The molecule has 2 heteroatoms. The summed E-state index contributed by atoms with van der Waals surface area (Å²) in [4.78, 5) is 0. The van der Waals surface area contributed by atoms with Gasteiger partial charge >= 0.3 is 0 Å². The highest BCUT2D eigenvalue weighted by molar-refractivity contribution is 7.96. The smallest absolute Gasteiger partial charge is 0.114 e. The van der Waals surface area contributed by atoms with E-state index in [1.165, 1.54) is 93.0 Å². The lowest BCUT2D eigenvalue weighted by atomic mass is 10.0. The van der Waals surface area contributed by atoms with E-state index in [9.17, 15) is 0 Å². The molecule has 35 heavy (non-hydrogen) atoms. The predicted octanol–water partition coefficient (Wildman–Crippen LogP) is 6.07. The zero-order chi connectivity index (χ0) is 23.9. The topological polar surface area (TPSA) is 0 Å². The molecule has 3 aromatic carbocycles. The van der Waals surface area contributed by atoms with Gasteiger partial charge in [-0.3, -0.25) is 0 Å². The third-order valence-corrected chi connectivity index (χ3v) is 12.3. The molecule has 190 valence electrons. The normalized spacial score (nSPS) is 12.2. The van der Waals surface area contributed by atoms with Crippen molar-refractivity contribution in [3.63, 3.8) is 0 Å². The van der Waals surface area contributed by atoms with Gasteiger partial charge in [0.15, 0.2) is 0 Å². The Hall–Kier alpha value is -1.43. The van der Waals surface area contributed by atoms with Crippen LogP contribution in [0.5, 0.6) is 0 Å². The summed E-state index contributed by atoms with van der Waals surface area (Å²) < 4.78 is 0. The van der Waals surface area contributed by atoms with E-state index in [-0.39, 0.29) is 17.0 Å². The fraction of sp³-hybridized carbons (Fsp3) is 0.455. The van der Waals surface area contributed by atoms with Gasteiger partial charge in [-0.2, -0.15) is 0 Å². The summed E-state index contributed by atoms with van der Waals surface area (Å²) in [5.41, 5.74) is 0.623. The van der Waals surface area contributed by atoms with Crippen LogP contribution in [-0.4, -0.2) is 5.66 Å². The van der Waals surface area contributed by atoms with Crippen molar-refractivity contribution in [2.75, 3.05) is 0 Å². The van der Waals surface area contributed by atoms with E-state index in [0.717, 1.165) is 0 Å². The summed E-state index contributed by atoms with van der Waals surface area (Å²) in [5, 5.41) is 4.55. The largest absolute Gasteiger partial charge is 1.00 e. The zero-order valence-corrected chi connectivity index (χ0v) is 24.5. The third kappa shape index (κ3) is 8.58. The highest BCUT2D eigenvalue weighted by Gasteiger charge is 2.49. The quantitative estimate of drug-likeness (QED) is 0.149. The lowest BCUT2D eigenvalue weighted by Crippen LogP contribution is -3.00. The molecule has 0 N–H and O–H groups in total. The highest BCUT2D eigenvalue weighted by atomic mass is 79.9. The minimum Gasteiger partial charge on any atom is -1.00 e. The number of hydrogen-bond donors (Lipinski definition) is 0. The Morgan fingerprint density at radius 3 is 1.14 bits per heavy atom. The van der Waals surface area contributed by atoms with Gasteiger partial charge in [-0.25, -0.2) is 0 Å². The molecule has 0 spiro atoms.